The van der Waals surface area contributed by atoms with Crippen molar-refractivity contribution >= 4 is 27.5 Å². The van der Waals surface area contributed by atoms with E-state index in [0.717, 1.165) is 12.1 Å². The van der Waals surface area contributed by atoms with E-state index in [4.69, 9.17) is 0 Å². The van der Waals surface area contributed by atoms with E-state index < -0.39 is 23.2 Å². The summed E-state index contributed by atoms with van der Waals surface area (Å²) in [6.45, 7) is 1.65. The summed E-state index contributed by atoms with van der Waals surface area (Å²) in [5, 5.41) is 2.44. The first-order chi connectivity index (χ1) is 9.79. The molecule has 2 rings (SSSR count). The van der Waals surface area contributed by atoms with E-state index in [2.05, 4.69) is 26.2 Å². The third kappa shape index (κ3) is 3.60. The van der Waals surface area contributed by atoms with Crippen molar-refractivity contribution in [1.82, 2.24) is 4.98 Å². The fourth-order valence-electron chi connectivity index (χ4n) is 1.76. The number of aromatic nitrogens is 1. The summed E-state index contributed by atoms with van der Waals surface area (Å²) in [6.07, 6.45) is -3.08. The highest BCUT2D eigenvalue weighted by molar-refractivity contribution is 9.10. The molecule has 0 saturated carbocycles. The number of pyridine rings is 1. The van der Waals surface area contributed by atoms with Crippen LogP contribution in [0.3, 0.4) is 0 Å². The first-order valence-corrected chi connectivity index (χ1v) is 6.68. The molecule has 0 atom stereocenters. The monoisotopic (exact) mass is 358 g/mol. The van der Waals surface area contributed by atoms with Crippen molar-refractivity contribution in [3.8, 4) is 0 Å². The van der Waals surface area contributed by atoms with Crippen molar-refractivity contribution in [3.05, 3.63) is 57.8 Å². The Kier molecular flexibility index (Phi) is 4.32. The smallest absolute Gasteiger partial charge is 0.320 e. The van der Waals surface area contributed by atoms with Crippen LogP contribution < -0.4 is 5.32 Å². The molecule has 1 N–H and O–H groups in total. The summed E-state index contributed by atoms with van der Waals surface area (Å²) in [5.74, 6) is -0.828. The van der Waals surface area contributed by atoms with Crippen molar-refractivity contribution in [3.63, 3.8) is 0 Å². The first kappa shape index (κ1) is 15.5. The second kappa shape index (κ2) is 5.85. The zero-order valence-electron chi connectivity index (χ0n) is 10.8. The van der Waals surface area contributed by atoms with E-state index in [0.29, 0.717) is 11.4 Å². The lowest BCUT2D eigenvalue weighted by molar-refractivity contribution is -0.137. The van der Waals surface area contributed by atoms with Gasteiger partial charge in [0.2, 0.25) is 0 Å². The maximum atomic E-state index is 13.0. The number of hydrogen-bond donors (Lipinski definition) is 1. The number of benzene rings is 1. The third-order valence-corrected chi connectivity index (χ3v) is 3.28. The van der Waals surface area contributed by atoms with Crippen LogP contribution in [0.4, 0.5) is 18.9 Å². The maximum Gasteiger partial charge on any atom is 0.417 e. The van der Waals surface area contributed by atoms with Crippen LogP contribution in [0.25, 0.3) is 0 Å². The highest BCUT2D eigenvalue weighted by atomic mass is 79.9. The number of carbonyl (C=O) groups excluding carboxylic acids is 1. The van der Waals surface area contributed by atoms with Gasteiger partial charge in [0.05, 0.1) is 22.5 Å². The molecule has 1 heterocycles. The van der Waals surface area contributed by atoms with Gasteiger partial charge in [-0.15, -0.1) is 0 Å². The van der Waals surface area contributed by atoms with E-state index in [1.807, 2.05) is 0 Å². The molecular formula is C14H10BrF3N2O. The SMILES string of the molecule is Cc1ncccc1NC(=O)c1ccc(Br)cc1C(F)(F)F. The average molecular weight is 359 g/mol. The van der Waals surface area contributed by atoms with Crippen LogP contribution in [-0.2, 0) is 6.18 Å². The molecule has 0 unspecified atom stereocenters. The van der Waals surface area contributed by atoms with Gasteiger partial charge in [-0.25, -0.2) is 0 Å². The topological polar surface area (TPSA) is 42.0 Å². The molecule has 0 aliphatic rings. The Morgan fingerprint density at radius 1 is 1.29 bits per heavy atom. The summed E-state index contributed by atoms with van der Waals surface area (Å²) < 4.78 is 39.2. The summed E-state index contributed by atoms with van der Waals surface area (Å²) in [5.41, 5.74) is -0.528. The highest BCUT2D eigenvalue weighted by Gasteiger charge is 2.35. The zero-order valence-corrected chi connectivity index (χ0v) is 12.4. The van der Waals surface area contributed by atoms with Crippen molar-refractivity contribution in [1.29, 1.82) is 0 Å². The van der Waals surface area contributed by atoms with Gasteiger partial charge in [-0.2, -0.15) is 13.2 Å². The van der Waals surface area contributed by atoms with E-state index in [-0.39, 0.29) is 4.47 Å². The lowest BCUT2D eigenvalue weighted by Gasteiger charge is -2.14. The van der Waals surface area contributed by atoms with Crippen LogP contribution in [0, 0.1) is 6.92 Å². The Morgan fingerprint density at radius 2 is 2.00 bits per heavy atom. The lowest BCUT2D eigenvalue weighted by Crippen LogP contribution is -2.19. The number of nitrogens with zero attached hydrogens (tertiary/aromatic N) is 1. The molecule has 0 bridgehead atoms. The molecule has 1 aromatic carbocycles. The average Bonchev–Trinajstić information content (AvgIpc) is 2.40. The Bertz CT molecular complexity index is 686. The summed E-state index contributed by atoms with van der Waals surface area (Å²) in [4.78, 5) is 16.1. The van der Waals surface area contributed by atoms with Gasteiger partial charge in [-0.05, 0) is 37.3 Å². The van der Waals surface area contributed by atoms with Gasteiger partial charge < -0.3 is 5.32 Å². The molecular weight excluding hydrogens is 349 g/mol. The number of halogens is 4. The number of amides is 1. The third-order valence-electron chi connectivity index (χ3n) is 2.79. The van der Waals surface area contributed by atoms with Crippen LogP contribution in [0.1, 0.15) is 21.6 Å². The minimum absolute atomic E-state index is 0.254. The molecule has 0 fully saturated rings. The quantitative estimate of drug-likeness (QED) is 0.862. The molecule has 0 aliphatic carbocycles. The second-order valence-corrected chi connectivity index (χ2v) is 5.19. The summed E-state index contributed by atoms with van der Waals surface area (Å²) in [6, 6.07) is 6.57. The van der Waals surface area contributed by atoms with Crippen LogP contribution in [0.2, 0.25) is 0 Å². The van der Waals surface area contributed by atoms with E-state index in [1.54, 1.807) is 19.1 Å². The minimum atomic E-state index is -4.61. The summed E-state index contributed by atoms with van der Waals surface area (Å²) >= 11 is 2.97. The predicted octanol–water partition coefficient (Wildman–Crippen LogP) is 4.42. The van der Waals surface area contributed by atoms with Crippen LogP contribution in [0.5, 0.6) is 0 Å². The first-order valence-electron chi connectivity index (χ1n) is 5.89. The van der Waals surface area contributed by atoms with E-state index >= 15 is 0 Å². The number of alkyl halides is 3. The van der Waals surface area contributed by atoms with Crippen molar-refractivity contribution < 1.29 is 18.0 Å². The van der Waals surface area contributed by atoms with Crippen molar-refractivity contribution in [2.24, 2.45) is 0 Å². The van der Waals surface area contributed by atoms with Crippen molar-refractivity contribution in [2.75, 3.05) is 5.32 Å². The molecule has 21 heavy (non-hydrogen) atoms. The number of rotatable bonds is 2. The van der Waals surface area contributed by atoms with Crippen molar-refractivity contribution in [2.45, 2.75) is 13.1 Å². The Labute approximate surface area is 127 Å². The molecule has 3 nitrogen and oxygen atoms in total. The standard InChI is InChI=1S/C14H10BrF3N2O/c1-8-12(3-2-6-19-8)20-13(21)10-5-4-9(15)7-11(10)14(16,17)18/h2-7H,1H3,(H,20,21). The number of nitrogens with one attached hydrogen (secondary N) is 1. The zero-order chi connectivity index (χ0) is 15.6. The molecule has 0 saturated heterocycles. The largest absolute Gasteiger partial charge is 0.417 e. The van der Waals surface area contributed by atoms with Gasteiger partial charge >= 0.3 is 6.18 Å². The molecule has 1 aromatic heterocycles. The molecule has 7 heteroatoms. The molecule has 2 aromatic rings. The van der Waals surface area contributed by atoms with Gasteiger partial charge in [0.15, 0.2) is 0 Å². The highest BCUT2D eigenvalue weighted by Crippen LogP contribution is 2.34. The Hall–Kier alpha value is -1.89. The Balaban J connectivity index is 2.38. The van der Waals surface area contributed by atoms with E-state index in [9.17, 15) is 18.0 Å². The number of aryl methyl sites for hydroxylation is 1. The van der Waals surface area contributed by atoms with Crippen LogP contribution >= 0.6 is 15.9 Å². The molecule has 0 spiro atoms. The minimum Gasteiger partial charge on any atom is -0.320 e. The number of hydrogen-bond acceptors (Lipinski definition) is 2. The van der Waals surface area contributed by atoms with Gasteiger partial charge in [-0.3, -0.25) is 9.78 Å². The normalized spacial score (nSPS) is 11.3. The van der Waals surface area contributed by atoms with Gasteiger partial charge in [0, 0.05) is 10.7 Å². The fraction of sp³-hybridized carbons (Fsp3) is 0.143. The van der Waals surface area contributed by atoms with Gasteiger partial charge in [0.1, 0.15) is 0 Å². The fourth-order valence-corrected chi connectivity index (χ4v) is 2.12. The van der Waals surface area contributed by atoms with E-state index in [1.165, 1.54) is 12.3 Å². The maximum absolute atomic E-state index is 13.0. The predicted molar refractivity (Wildman–Crippen MR) is 76.1 cm³/mol. The van der Waals surface area contributed by atoms with Crippen LogP contribution in [0.15, 0.2) is 41.0 Å². The second-order valence-electron chi connectivity index (χ2n) is 4.28. The molecule has 110 valence electrons. The number of anilines is 1. The summed E-state index contributed by atoms with van der Waals surface area (Å²) in [7, 11) is 0. The molecule has 0 radical (unpaired) electrons. The lowest BCUT2D eigenvalue weighted by atomic mass is 10.1. The van der Waals surface area contributed by atoms with Gasteiger partial charge in [-0.1, -0.05) is 15.9 Å². The number of carbonyl (C=O) groups is 1. The Morgan fingerprint density at radius 3 is 2.62 bits per heavy atom. The van der Waals surface area contributed by atoms with Gasteiger partial charge in [0.25, 0.3) is 5.91 Å². The van der Waals surface area contributed by atoms with Crippen LogP contribution in [-0.4, -0.2) is 10.9 Å². The molecule has 1 amide bonds. The molecule has 0 aliphatic heterocycles.